The Balaban J connectivity index is 1.34. The van der Waals surface area contributed by atoms with Crippen LogP contribution in [0, 0.1) is 17.3 Å². The number of nitrogen functional groups attached to an aromatic ring is 1. The van der Waals surface area contributed by atoms with Crippen molar-refractivity contribution in [3.05, 3.63) is 42.4 Å². The Labute approximate surface area is 217 Å². The number of imide groups is 1. The molecule has 0 aromatic carbocycles. The topological polar surface area (TPSA) is 134 Å². The second-order valence-electron chi connectivity index (χ2n) is 10.5. The van der Waals surface area contributed by atoms with E-state index in [0.717, 1.165) is 23.3 Å². The molecule has 196 valence electrons. The zero-order valence-corrected chi connectivity index (χ0v) is 21.3. The fraction of sp³-hybridized carbons (Fsp3) is 0.556. The molecule has 4 amide bonds. The van der Waals surface area contributed by atoms with Gasteiger partial charge in [0.25, 0.3) is 5.91 Å². The lowest BCUT2D eigenvalue weighted by atomic mass is 9.77. The van der Waals surface area contributed by atoms with E-state index >= 15 is 0 Å². The fourth-order valence-corrected chi connectivity index (χ4v) is 6.06. The molecule has 0 bridgehead atoms. The van der Waals surface area contributed by atoms with Gasteiger partial charge in [0, 0.05) is 31.7 Å². The Morgan fingerprint density at radius 2 is 1.86 bits per heavy atom. The molecule has 3 heterocycles. The van der Waals surface area contributed by atoms with Gasteiger partial charge < -0.3 is 11.1 Å². The Morgan fingerprint density at radius 1 is 1.14 bits per heavy atom. The molecule has 37 heavy (non-hydrogen) atoms. The summed E-state index contributed by atoms with van der Waals surface area (Å²) in [5.41, 5.74) is 6.76. The number of carbonyl (C=O) groups excluding carboxylic acids is 3. The summed E-state index contributed by atoms with van der Waals surface area (Å²) in [6.45, 7) is 2.67. The molecule has 2 saturated carbocycles. The Hall–Kier alpha value is -3.56. The first-order valence-electron chi connectivity index (χ1n) is 13.3. The summed E-state index contributed by atoms with van der Waals surface area (Å²) in [5.74, 6) is -0.210. The van der Waals surface area contributed by atoms with Crippen LogP contribution in [0.5, 0.6) is 0 Å². The van der Waals surface area contributed by atoms with E-state index in [1.165, 1.54) is 37.0 Å². The van der Waals surface area contributed by atoms with Crippen LogP contribution in [0.4, 0.5) is 16.6 Å². The first-order chi connectivity index (χ1) is 17.9. The summed E-state index contributed by atoms with van der Waals surface area (Å²) in [6, 6.07) is 3.69. The fourth-order valence-electron chi connectivity index (χ4n) is 6.06. The summed E-state index contributed by atoms with van der Waals surface area (Å²) >= 11 is 0. The molecule has 10 nitrogen and oxygen atoms in total. The van der Waals surface area contributed by atoms with Crippen molar-refractivity contribution in [2.45, 2.75) is 64.3 Å². The molecular formula is C27H35N7O3. The zero-order valence-electron chi connectivity index (χ0n) is 21.3. The van der Waals surface area contributed by atoms with E-state index in [1.54, 1.807) is 36.8 Å². The standard InChI is InChI=1S/C27H35N7O3/c1-2-33(25-30-12-6-13-31-25)24(36)22-20(15-18-9-14-29-21(28)16-18)23(35)34(22)26(37)32-17-27(10-11-27)19-7-4-3-5-8-19/h6,9,12-14,16,19-20,22H,2-5,7-8,10-11,15,17H2,1H3,(H2,28,29)(H,32,37)/t20-,22+/m1/s1. The maximum atomic E-state index is 13.8. The molecule has 0 unspecified atom stereocenters. The van der Waals surface area contributed by atoms with Gasteiger partial charge in [-0.05, 0) is 74.1 Å². The number of anilines is 2. The number of nitrogens with zero attached hydrogens (tertiary/aromatic N) is 5. The van der Waals surface area contributed by atoms with Crippen molar-refractivity contribution < 1.29 is 14.4 Å². The van der Waals surface area contributed by atoms with E-state index in [2.05, 4.69) is 20.3 Å². The minimum absolute atomic E-state index is 0.144. The van der Waals surface area contributed by atoms with E-state index in [9.17, 15) is 14.4 Å². The lowest BCUT2D eigenvalue weighted by Gasteiger charge is -2.46. The quantitative estimate of drug-likeness (QED) is 0.527. The minimum atomic E-state index is -0.949. The molecule has 3 N–H and O–H groups in total. The SMILES string of the molecule is CCN(C(=O)[C@@H]1[C@@H](Cc2ccnc(N)c2)C(=O)N1C(=O)NCC1(C2CCCCC2)CC1)c1ncccn1. The number of nitrogens with two attached hydrogens (primary N) is 1. The van der Waals surface area contributed by atoms with Gasteiger partial charge >= 0.3 is 6.03 Å². The Bertz CT molecular complexity index is 1150. The minimum Gasteiger partial charge on any atom is -0.384 e. The predicted molar refractivity (Wildman–Crippen MR) is 138 cm³/mol. The van der Waals surface area contributed by atoms with Crippen LogP contribution in [0.1, 0.15) is 57.4 Å². The van der Waals surface area contributed by atoms with Gasteiger partial charge in [0.05, 0.1) is 5.92 Å². The van der Waals surface area contributed by atoms with Gasteiger partial charge in [-0.2, -0.15) is 0 Å². The number of hydrogen-bond donors (Lipinski definition) is 2. The van der Waals surface area contributed by atoms with E-state index in [1.807, 2.05) is 6.92 Å². The predicted octanol–water partition coefficient (Wildman–Crippen LogP) is 2.95. The number of urea groups is 1. The van der Waals surface area contributed by atoms with Crippen LogP contribution >= 0.6 is 0 Å². The number of β-lactam (4-membered cyclic amide) rings is 1. The second kappa shape index (κ2) is 10.4. The summed E-state index contributed by atoms with van der Waals surface area (Å²) < 4.78 is 0. The van der Waals surface area contributed by atoms with Gasteiger partial charge in [-0.3, -0.25) is 19.4 Å². The highest BCUT2D eigenvalue weighted by atomic mass is 16.2. The second-order valence-corrected chi connectivity index (χ2v) is 10.5. The number of nitrogens with one attached hydrogen (secondary N) is 1. The smallest absolute Gasteiger partial charge is 0.324 e. The van der Waals surface area contributed by atoms with Crippen LogP contribution in [0.2, 0.25) is 0 Å². The average molecular weight is 506 g/mol. The first kappa shape index (κ1) is 25.1. The van der Waals surface area contributed by atoms with Crippen molar-refractivity contribution in [2.75, 3.05) is 23.7 Å². The summed E-state index contributed by atoms with van der Waals surface area (Å²) in [7, 11) is 0. The van der Waals surface area contributed by atoms with E-state index in [4.69, 9.17) is 5.73 Å². The average Bonchev–Trinajstić information content (AvgIpc) is 3.71. The lowest BCUT2D eigenvalue weighted by Crippen LogP contribution is -2.71. The van der Waals surface area contributed by atoms with Crippen LogP contribution in [0.15, 0.2) is 36.8 Å². The number of hydrogen-bond acceptors (Lipinski definition) is 7. The summed E-state index contributed by atoms with van der Waals surface area (Å²) in [4.78, 5) is 55.4. The molecule has 10 heteroatoms. The Kier molecular flexibility index (Phi) is 7.08. The highest BCUT2D eigenvalue weighted by Gasteiger charge is 2.56. The van der Waals surface area contributed by atoms with E-state index < -0.39 is 18.0 Å². The summed E-state index contributed by atoms with van der Waals surface area (Å²) in [6.07, 6.45) is 13.4. The molecule has 2 atom stereocenters. The molecule has 2 aliphatic carbocycles. The zero-order chi connectivity index (χ0) is 26.0. The van der Waals surface area contributed by atoms with Crippen molar-refractivity contribution >= 4 is 29.6 Å². The molecule has 1 aliphatic heterocycles. The number of likely N-dealkylation sites (tertiary alicyclic amines) is 1. The van der Waals surface area contributed by atoms with Crippen LogP contribution < -0.4 is 16.0 Å². The first-order valence-corrected chi connectivity index (χ1v) is 13.3. The van der Waals surface area contributed by atoms with Crippen LogP contribution in [0.25, 0.3) is 0 Å². The van der Waals surface area contributed by atoms with Gasteiger partial charge in [-0.1, -0.05) is 19.3 Å². The van der Waals surface area contributed by atoms with Crippen LogP contribution in [-0.2, 0) is 16.0 Å². The van der Waals surface area contributed by atoms with Gasteiger partial charge in [0.15, 0.2) is 0 Å². The third-order valence-corrected chi connectivity index (χ3v) is 8.32. The number of rotatable bonds is 8. The van der Waals surface area contributed by atoms with E-state index in [-0.39, 0.29) is 29.6 Å². The van der Waals surface area contributed by atoms with Crippen molar-refractivity contribution in [1.29, 1.82) is 0 Å². The lowest BCUT2D eigenvalue weighted by molar-refractivity contribution is -0.156. The highest BCUT2D eigenvalue weighted by Crippen LogP contribution is 2.56. The molecule has 3 aliphatic rings. The normalized spacial score (nSPS) is 22.7. The number of pyridine rings is 1. The summed E-state index contributed by atoms with van der Waals surface area (Å²) in [5, 5.41) is 3.02. The van der Waals surface area contributed by atoms with Gasteiger partial charge in [0.1, 0.15) is 11.9 Å². The van der Waals surface area contributed by atoms with Crippen molar-refractivity contribution in [1.82, 2.24) is 25.2 Å². The van der Waals surface area contributed by atoms with Gasteiger partial charge in [0.2, 0.25) is 11.9 Å². The molecule has 2 aromatic rings. The monoisotopic (exact) mass is 505 g/mol. The molecule has 5 rings (SSSR count). The maximum Gasteiger partial charge on any atom is 0.324 e. The number of carbonyl (C=O) groups is 3. The number of likely N-dealkylation sites (N-methyl/N-ethyl adjacent to an activating group) is 1. The van der Waals surface area contributed by atoms with Crippen molar-refractivity contribution in [3.63, 3.8) is 0 Å². The highest BCUT2D eigenvalue weighted by molar-refractivity contribution is 6.12. The molecule has 3 fully saturated rings. The molecule has 2 aromatic heterocycles. The van der Waals surface area contributed by atoms with Crippen molar-refractivity contribution in [3.8, 4) is 0 Å². The molecule has 0 radical (unpaired) electrons. The number of aromatic nitrogens is 3. The van der Waals surface area contributed by atoms with Gasteiger partial charge in [-0.15, -0.1) is 0 Å². The molecular weight excluding hydrogens is 470 g/mol. The van der Waals surface area contributed by atoms with Gasteiger partial charge in [-0.25, -0.2) is 19.7 Å². The largest absolute Gasteiger partial charge is 0.384 e. The van der Waals surface area contributed by atoms with E-state index in [0.29, 0.717) is 24.8 Å². The van der Waals surface area contributed by atoms with Crippen LogP contribution in [-0.4, -0.2) is 56.8 Å². The molecule has 1 saturated heterocycles. The Morgan fingerprint density at radius 3 is 2.51 bits per heavy atom. The third kappa shape index (κ3) is 5.01. The number of amides is 4. The third-order valence-electron chi connectivity index (χ3n) is 8.32. The van der Waals surface area contributed by atoms with Crippen molar-refractivity contribution in [2.24, 2.45) is 17.3 Å². The molecule has 0 spiro atoms. The maximum absolute atomic E-state index is 13.8. The van der Waals surface area contributed by atoms with Crippen LogP contribution in [0.3, 0.4) is 0 Å².